The number of amides is 1. The molecule has 1 aromatic heterocycles. The number of fused-ring (bicyclic) bond motifs is 2. The van der Waals surface area contributed by atoms with E-state index in [1.807, 2.05) is 30.4 Å². The lowest BCUT2D eigenvalue weighted by Gasteiger charge is -2.23. The third-order valence-corrected chi connectivity index (χ3v) is 4.22. The first-order valence-electron chi connectivity index (χ1n) is 6.75. The Morgan fingerprint density at radius 3 is 2.65 bits per heavy atom. The van der Waals surface area contributed by atoms with Crippen LogP contribution in [0.25, 0.3) is 0 Å². The fraction of sp³-hybridized carbons (Fsp3) is 0.400. The molecule has 2 aliphatic carbocycles. The lowest BCUT2D eigenvalue weighted by Crippen LogP contribution is -2.40. The van der Waals surface area contributed by atoms with Crippen molar-refractivity contribution in [3.05, 3.63) is 42.2 Å². The number of carboxylic acids is 1. The smallest absolute Gasteiger partial charge is 0.307 e. The Labute approximate surface area is 116 Å². The van der Waals surface area contributed by atoms with Crippen LogP contribution in [-0.4, -0.2) is 22.0 Å². The van der Waals surface area contributed by atoms with Gasteiger partial charge in [-0.05, 0) is 30.4 Å². The molecule has 3 rings (SSSR count). The van der Waals surface area contributed by atoms with Gasteiger partial charge in [-0.15, -0.1) is 0 Å². The number of hydrogen-bond acceptors (Lipinski definition) is 3. The molecular formula is C15H16N2O3. The van der Waals surface area contributed by atoms with E-state index in [4.69, 9.17) is 0 Å². The number of aromatic nitrogens is 1. The number of carboxylic acid groups (broad SMARTS) is 1. The average molecular weight is 272 g/mol. The van der Waals surface area contributed by atoms with Crippen molar-refractivity contribution < 1.29 is 14.7 Å². The fourth-order valence-corrected chi connectivity index (χ4v) is 3.31. The van der Waals surface area contributed by atoms with Gasteiger partial charge in [-0.1, -0.05) is 18.2 Å². The van der Waals surface area contributed by atoms with Crippen LogP contribution >= 0.6 is 0 Å². The molecule has 2 N–H and O–H groups in total. The topological polar surface area (TPSA) is 79.3 Å². The Morgan fingerprint density at radius 1 is 1.25 bits per heavy atom. The van der Waals surface area contributed by atoms with Crippen molar-refractivity contribution in [3.63, 3.8) is 0 Å². The molecule has 1 heterocycles. The van der Waals surface area contributed by atoms with E-state index < -0.39 is 17.8 Å². The number of pyridine rings is 1. The maximum atomic E-state index is 12.3. The van der Waals surface area contributed by atoms with Crippen LogP contribution in [-0.2, 0) is 16.1 Å². The van der Waals surface area contributed by atoms with Gasteiger partial charge in [0.1, 0.15) is 0 Å². The Hall–Kier alpha value is -2.17. The average Bonchev–Trinajstić information content (AvgIpc) is 3.06. The van der Waals surface area contributed by atoms with Crippen molar-refractivity contribution in [1.29, 1.82) is 0 Å². The van der Waals surface area contributed by atoms with Crippen LogP contribution < -0.4 is 5.32 Å². The molecule has 5 nitrogen and oxygen atoms in total. The molecular weight excluding hydrogens is 256 g/mol. The molecule has 1 aromatic rings. The van der Waals surface area contributed by atoms with E-state index in [2.05, 4.69) is 10.3 Å². The third kappa shape index (κ3) is 2.19. The van der Waals surface area contributed by atoms with Crippen molar-refractivity contribution in [2.45, 2.75) is 13.0 Å². The molecule has 0 spiro atoms. The van der Waals surface area contributed by atoms with Crippen LogP contribution in [0, 0.1) is 23.7 Å². The highest BCUT2D eigenvalue weighted by molar-refractivity contribution is 5.86. The third-order valence-electron chi connectivity index (χ3n) is 4.22. The SMILES string of the molecule is O=C(NCc1ccccn1)[C@@H]1[C@H](C(=O)O)[C@H]2C=C[C@H]1C2. The Kier molecular flexibility index (Phi) is 3.26. The van der Waals surface area contributed by atoms with Gasteiger partial charge in [-0.2, -0.15) is 0 Å². The molecule has 0 radical (unpaired) electrons. The Balaban J connectivity index is 1.68. The molecule has 20 heavy (non-hydrogen) atoms. The number of aliphatic carboxylic acids is 1. The lowest BCUT2D eigenvalue weighted by molar-refractivity contribution is -0.147. The zero-order valence-corrected chi connectivity index (χ0v) is 10.9. The lowest BCUT2D eigenvalue weighted by atomic mass is 9.82. The van der Waals surface area contributed by atoms with Gasteiger partial charge in [0.15, 0.2) is 0 Å². The van der Waals surface area contributed by atoms with Gasteiger partial charge < -0.3 is 10.4 Å². The molecule has 1 saturated carbocycles. The summed E-state index contributed by atoms with van der Waals surface area (Å²) in [7, 11) is 0. The first kappa shape index (κ1) is 12.8. The molecule has 2 bridgehead atoms. The number of hydrogen-bond donors (Lipinski definition) is 2. The van der Waals surface area contributed by atoms with Gasteiger partial charge >= 0.3 is 5.97 Å². The van der Waals surface area contributed by atoms with Crippen molar-refractivity contribution in [2.24, 2.45) is 23.7 Å². The molecule has 0 aromatic carbocycles. The van der Waals surface area contributed by atoms with E-state index in [1.165, 1.54) is 0 Å². The minimum atomic E-state index is -0.875. The highest BCUT2D eigenvalue weighted by Crippen LogP contribution is 2.48. The van der Waals surface area contributed by atoms with Crippen LogP contribution in [0.1, 0.15) is 12.1 Å². The quantitative estimate of drug-likeness (QED) is 0.808. The van der Waals surface area contributed by atoms with Gasteiger partial charge in [-0.25, -0.2) is 0 Å². The first-order valence-corrected chi connectivity index (χ1v) is 6.75. The van der Waals surface area contributed by atoms with Crippen LogP contribution in [0.4, 0.5) is 0 Å². The Morgan fingerprint density at radius 2 is 2.00 bits per heavy atom. The summed E-state index contributed by atoms with van der Waals surface area (Å²) in [5.74, 6) is -2.03. The zero-order chi connectivity index (χ0) is 14.1. The zero-order valence-electron chi connectivity index (χ0n) is 10.9. The summed E-state index contributed by atoms with van der Waals surface area (Å²) in [6.45, 7) is 0.337. The molecule has 0 unspecified atom stereocenters. The molecule has 4 atom stereocenters. The minimum absolute atomic E-state index is 0.00287. The first-order chi connectivity index (χ1) is 9.66. The van der Waals surface area contributed by atoms with E-state index >= 15 is 0 Å². The maximum absolute atomic E-state index is 12.3. The summed E-state index contributed by atoms with van der Waals surface area (Å²) in [6, 6.07) is 5.50. The highest BCUT2D eigenvalue weighted by atomic mass is 16.4. The van der Waals surface area contributed by atoms with Crippen LogP contribution in [0.5, 0.6) is 0 Å². The number of nitrogens with zero attached hydrogens (tertiary/aromatic N) is 1. The predicted molar refractivity (Wildman–Crippen MR) is 71.4 cm³/mol. The van der Waals surface area contributed by atoms with E-state index in [-0.39, 0.29) is 17.7 Å². The van der Waals surface area contributed by atoms with Gasteiger partial charge in [0.2, 0.25) is 5.91 Å². The molecule has 0 aliphatic heterocycles. The normalized spacial score (nSPS) is 30.4. The molecule has 1 amide bonds. The number of nitrogens with one attached hydrogen (secondary N) is 1. The summed E-state index contributed by atoms with van der Waals surface area (Å²) < 4.78 is 0. The minimum Gasteiger partial charge on any atom is -0.481 e. The van der Waals surface area contributed by atoms with Gasteiger partial charge in [0.05, 0.1) is 24.1 Å². The summed E-state index contributed by atoms with van der Waals surface area (Å²) >= 11 is 0. The largest absolute Gasteiger partial charge is 0.481 e. The highest BCUT2D eigenvalue weighted by Gasteiger charge is 2.51. The summed E-state index contributed by atoms with van der Waals surface area (Å²) in [5.41, 5.74) is 0.770. The van der Waals surface area contributed by atoms with E-state index in [1.54, 1.807) is 6.20 Å². The monoisotopic (exact) mass is 272 g/mol. The Bertz CT molecular complexity index is 555. The maximum Gasteiger partial charge on any atom is 0.307 e. The van der Waals surface area contributed by atoms with Crippen molar-refractivity contribution in [1.82, 2.24) is 10.3 Å². The van der Waals surface area contributed by atoms with Crippen molar-refractivity contribution >= 4 is 11.9 Å². The fourth-order valence-electron chi connectivity index (χ4n) is 3.31. The second-order valence-corrected chi connectivity index (χ2v) is 5.38. The van der Waals surface area contributed by atoms with Crippen LogP contribution in [0.3, 0.4) is 0 Å². The van der Waals surface area contributed by atoms with Gasteiger partial charge in [-0.3, -0.25) is 14.6 Å². The number of carbonyl (C=O) groups excluding carboxylic acids is 1. The second-order valence-electron chi connectivity index (χ2n) is 5.38. The predicted octanol–water partition coefficient (Wildman–Crippen LogP) is 1.22. The molecule has 2 aliphatic rings. The van der Waals surface area contributed by atoms with Crippen LogP contribution in [0.15, 0.2) is 36.5 Å². The molecule has 5 heteroatoms. The summed E-state index contributed by atoms with van der Waals surface area (Å²) in [5, 5.41) is 12.1. The molecule has 104 valence electrons. The van der Waals surface area contributed by atoms with Crippen LogP contribution in [0.2, 0.25) is 0 Å². The molecule has 0 saturated heterocycles. The number of allylic oxidation sites excluding steroid dienone is 2. The standard InChI is InChI=1S/C15H16N2O3/c18-14(17-8-11-3-1-2-6-16-11)12-9-4-5-10(7-9)13(12)15(19)20/h1-6,9-10,12-13H,7-8H2,(H,17,18)(H,19,20)/t9-,10-,12-,13+/m0/s1. The second kappa shape index (κ2) is 5.07. The van der Waals surface area contributed by atoms with Gasteiger partial charge in [0.25, 0.3) is 0 Å². The summed E-state index contributed by atoms with van der Waals surface area (Å²) in [4.78, 5) is 27.8. The van der Waals surface area contributed by atoms with E-state index in [0.29, 0.717) is 6.54 Å². The number of carbonyl (C=O) groups is 2. The number of rotatable bonds is 4. The summed E-state index contributed by atoms with van der Waals surface area (Å²) in [6.07, 6.45) is 6.36. The van der Waals surface area contributed by atoms with Crippen molar-refractivity contribution in [3.8, 4) is 0 Å². The van der Waals surface area contributed by atoms with E-state index in [9.17, 15) is 14.7 Å². The van der Waals surface area contributed by atoms with E-state index in [0.717, 1.165) is 12.1 Å². The van der Waals surface area contributed by atoms with Crippen molar-refractivity contribution in [2.75, 3.05) is 0 Å². The molecule has 1 fully saturated rings. The van der Waals surface area contributed by atoms with Gasteiger partial charge in [0, 0.05) is 6.20 Å².